The SMILES string of the molecule is CC(C)(C)c1ccnc(-c2[c-]cccc2)n1.Cc1cccc2nc(-c3[c-]ccc4c3oc3cc5c(cc34)oc3ccccc35)n(-c3c(C(C)C)cc(-c4ccccc4)cc3C(C)C)c12.[Ir]. The third-order valence-electron chi connectivity index (χ3n) is 12.1. The zero-order valence-electron chi connectivity index (χ0n) is 37.9. The summed E-state index contributed by atoms with van der Waals surface area (Å²) < 4.78 is 15.4. The summed E-state index contributed by atoms with van der Waals surface area (Å²) in [6.07, 6.45) is 1.81. The number of aromatic nitrogens is 4. The Labute approximate surface area is 393 Å². The van der Waals surface area contributed by atoms with Crippen molar-refractivity contribution in [2.45, 2.75) is 72.6 Å². The molecule has 0 fully saturated rings. The molecular weight excluding hydrogens is 977 g/mol. The van der Waals surface area contributed by atoms with Gasteiger partial charge in [-0.05, 0) is 89.0 Å². The van der Waals surface area contributed by atoms with Crippen molar-refractivity contribution in [2.24, 2.45) is 0 Å². The Balaban J connectivity index is 0.000000266. The predicted octanol–water partition coefficient (Wildman–Crippen LogP) is 15.8. The summed E-state index contributed by atoms with van der Waals surface area (Å²) in [5.74, 6) is 2.11. The number of hydrogen-bond donors (Lipinski definition) is 0. The normalized spacial score (nSPS) is 11.8. The maximum absolute atomic E-state index is 6.79. The molecule has 0 atom stereocenters. The van der Waals surface area contributed by atoms with E-state index in [4.69, 9.17) is 13.8 Å². The van der Waals surface area contributed by atoms with Crippen LogP contribution in [0.25, 0.3) is 94.5 Å². The second kappa shape index (κ2) is 17.4. The van der Waals surface area contributed by atoms with Crippen molar-refractivity contribution in [2.75, 3.05) is 0 Å². The number of hydrogen-bond acceptors (Lipinski definition) is 5. The van der Waals surface area contributed by atoms with E-state index in [-0.39, 0.29) is 37.4 Å². The van der Waals surface area contributed by atoms with Crippen LogP contribution in [0.15, 0.2) is 155 Å². The minimum Gasteiger partial charge on any atom is -0.501 e. The van der Waals surface area contributed by atoms with E-state index in [0.717, 1.165) is 83.4 Å². The number of benzene rings is 7. The van der Waals surface area contributed by atoms with E-state index >= 15 is 0 Å². The van der Waals surface area contributed by atoms with E-state index in [0.29, 0.717) is 0 Å². The summed E-state index contributed by atoms with van der Waals surface area (Å²) in [7, 11) is 0. The maximum Gasteiger partial charge on any atom is 0.136 e. The van der Waals surface area contributed by atoms with Crippen LogP contribution in [-0.4, -0.2) is 19.5 Å². The Morgan fingerprint density at radius 2 is 1.29 bits per heavy atom. The van der Waals surface area contributed by atoms with Gasteiger partial charge in [-0.3, -0.25) is 15.0 Å². The van der Waals surface area contributed by atoms with Crippen LogP contribution in [0.2, 0.25) is 0 Å². The summed E-state index contributed by atoms with van der Waals surface area (Å²) in [5.41, 5.74) is 15.7. The molecule has 0 amide bonds. The van der Waals surface area contributed by atoms with Gasteiger partial charge in [-0.2, -0.15) is 0 Å². The standard InChI is InChI=1S/C44H35N2O2.C14H15N2.Ir/c1-25(2)33-21-29(28-14-7-6-8-15-28)22-34(26(3)4)42(33)46-41-27(5)13-11-19-37(41)45-44(46)32-18-12-17-31-36-24-39-35(23-40(36)48-43(31)32)30-16-9-10-20-38(30)47-39;1-14(2,3)12-9-10-15-13(16-12)11-7-5-4-6-8-11;/h6-17,19-26H,1-5H3;4-7,9-10H,1-3H3;/q2*-1;. The Kier molecular flexibility index (Phi) is 11.7. The van der Waals surface area contributed by atoms with Gasteiger partial charge in [0, 0.05) is 59.3 Å². The van der Waals surface area contributed by atoms with E-state index < -0.39 is 0 Å². The van der Waals surface area contributed by atoms with E-state index in [2.05, 4.69) is 167 Å². The van der Waals surface area contributed by atoms with Crippen LogP contribution in [-0.2, 0) is 25.5 Å². The Bertz CT molecular complexity index is 3470. The van der Waals surface area contributed by atoms with Gasteiger partial charge >= 0.3 is 0 Å². The molecule has 1 radical (unpaired) electrons. The van der Waals surface area contributed by atoms with Crippen LogP contribution in [0.1, 0.15) is 82.7 Å². The van der Waals surface area contributed by atoms with Gasteiger partial charge in [0.2, 0.25) is 0 Å². The molecule has 0 bridgehead atoms. The first kappa shape index (κ1) is 43.6. The smallest absolute Gasteiger partial charge is 0.136 e. The number of imidazole rings is 1. The van der Waals surface area contributed by atoms with Gasteiger partial charge in [-0.1, -0.05) is 120 Å². The first-order valence-electron chi connectivity index (χ1n) is 22.2. The fourth-order valence-corrected chi connectivity index (χ4v) is 8.86. The molecule has 65 heavy (non-hydrogen) atoms. The first-order valence-corrected chi connectivity index (χ1v) is 22.2. The molecule has 7 heteroatoms. The molecule has 0 aliphatic heterocycles. The van der Waals surface area contributed by atoms with Crippen molar-refractivity contribution < 1.29 is 28.9 Å². The Hall–Kier alpha value is -6.66. The second-order valence-corrected chi connectivity index (χ2v) is 18.3. The predicted molar refractivity (Wildman–Crippen MR) is 263 cm³/mol. The van der Waals surface area contributed by atoms with Crippen molar-refractivity contribution in [3.8, 4) is 39.6 Å². The number of nitrogens with zero attached hydrogens (tertiary/aromatic N) is 4. The quantitative estimate of drug-likeness (QED) is 0.155. The van der Waals surface area contributed by atoms with Crippen LogP contribution in [0, 0.1) is 19.1 Å². The van der Waals surface area contributed by atoms with Crippen LogP contribution >= 0.6 is 0 Å². The molecule has 6 nitrogen and oxygen atoms in total. The minimum absolute atomic E-state index is 0. The molecule has 0 N–H and O–H groups in total. The molecule has 0 aliphatic rings. The van der Waals surface area contributed by atoms with Gasteiger partial charge in [0.1, 0.15) is 16.7 Å². The number of furan rings is 2. The van der Waals surface area contributed by atoms with Crippen LogP contribution < -0.4 is 0 Å². The van der Waals surface area contributed by atoms with Crippen LogP contribution in [0.4, 0.5) is 0 Å². The molecule has 325 valence electrons. The van der Waals surface area contributed by atoms with Gasteiger partial charge in [0.05, 0.1) is 28.3 Å². The van der Waals surface area contributed by atoms with Gasteiger partial charge in [-0.15, -0.1) is 54.1 Å². The largest absolute Gasteiger partial charge is 0.501 e. The topological polar surface area (TPSA) is 69.9 Å². The summed E-state index contributed by atoms with van der Waals surface area (Å²) in [6, 6.07) is 54.7. The maximum atomic E-state index is 6.79. The first-order chi connectivity index (χ1) is 30.9. The molecule has 0 unspecified atom stereocenters. The minimum atomic E-state index is 0. The molecule has 11 rings (SSSR count). The Morgan fingerprint density at radius 1 is 0.600 bits per heavy atom. The van der Waals surface area contributed by atoms with Crippen molar-refractivity contribution >= 4 is 54.9 Å². The average molecular weight is 1030 g/mol. The van der Waals surface area contributed by atoms with Gasteiger partial charge < -0.3 is 13.4 Å². The molecule has 4 heterocycles. The monoisotopic (exact) mass is 1030 g/mol. The van der Waals surface area contributed by atoms with Crippen molar-refractivity contribution in [3.05, 3.63) is 180 Å². The van der Waals surface area contributed by atoms with E-state index in [9.17, 15) is 0 Å². The third-order valence-corrected chi connectivity index (χ3v) is 12.1. The summed E-state index contributed by atoms with van der Waals surface area (Å²) in [5, 5.41) is 4.17. The molecular formula is C58H50IrN4O2-2. The third kappa shape index (κ3) is 7.98. The molecule has 0 spiro atoms. The average Bonchev–Trinajstić information content (AvgIpc) is 4.00. The molecule has 11 aromatic rings. The molecule has 7 aromatic carbocycles. The number of para-hydroxylation sites is 2. The molecule has 0 aliphatic carbocycles. The van der Waals surface area contributed by atoms with Crippen molar-refractivity contribution in [1.82, 2.24) is 19.5 Å². The van der Waals surface area contributed by atoms with Crippen molar-refractivity contribution in [3.63, 3.8) is 0 Å². The molecule has 0 saturated heterocycles. The fraction of sp³-hybridized carbons (Fsp3) is 0.190. The number of rotatable bonds is 6. The summed E-state index contributed by atoms with van der Waals surface area (Å²) >= 11 is 0. The van der Waals surface area contributed by atoms with E-state index in [1.807, 2.05) is 60.8 Å². The van der Waals surface area contributed by atoms with Crippen LogP contribution in [0.5, 0.6) is 0 Å². The van der Waals surface area contributed by atoms with Crippen molar-refractivity contribution in [1.29, 1.82) is 0 Å². The Morgan fingerprint density at radius 3 is 2.00 bits per heavy atom. The van der Waals surface area contributed by atoms with Crippen LogP contribution in [0.3, 0.4) is 0 Å². The van der Waals surface area contributed by atoms with Gasteiger partial charge in [-0.25, -0.2) is 0 Å². The molecule has 4 aromatic heterocycles. The summed E-state index contributed by atoms with van der Waals surface area (Å²) in [4.78, 5) is 14.2. The zero-order chi connectivity index (χ0) is 44.3. The van der Waals surface area contributed by atoms with E-state index in [1.165, 1.54) is 33.5 Å². The van der Waals surface area contributed by atoms with E-state index in [1.54, 1.807) is 0 Å². The van der Waals surface area contributed by atoms with Gasteiger partial charge in [0.25, 0.3) is 0 Å². The zero-order valence-corrected chi connectivity index (χ0v) is 40.3. The fourth-order valence-electron chi connectivity index (χ4n) is 8.86. The number of fused-ring (bicyclic) bond motifs is 7. The summed E-state index contributed by atoms with van der Waals surface area (Å²) in [6.45, 7) is 17.8. The molecule has 0 saturated carbocycles. The second-order valence-electron chi connectivity index (χ2n) is 18.3. The number of aryl methyl sites for hydroxylation is 1. The van der Waals surface area contributed by atoms with Gasteiger partial charge in [0.15, 0.2) is 0 Å².